The summed E-state index contributed by atoms with van der Waals surface area (Å²) in [6.07, 6.45) is 0.881. The monoisotopic (exact) mass is 295 g/mol. The Kier molecular flexibility index (Phi) is 6.93. The lowest BCUT2D eigenvalue weighted by Crippen LogP contribution is -2.39. The standard InChI is InChI=1S/C14H21N3O2S/c1-3-8-16-13(18)9-17(2)14(19)10-20-12-7-5-4-6-11(12)15/h4-7H,3,8-10,15H2,1-2H3,(H,16,18). The molecule has 0 aromatic heterocycles. The highest BCUT2D eigenvalue weighted by Crippen LogP contribution is 2.24. The van der Waals surface area contributed by atoms with Crippen LogP contribution in [0.2, 0.25) is 0 Å². The Balaban J connectivity index is 2.39. The van der Waals surface area contributed by atoms with Crippen molar-refractivity contribution in [3.8, 4) is 0 Å². The quantitative estimate of drug-likeness (QED) is 0.588. The number of para-hydroxylation sites is 1. The van der Waals surface area contributed by atoms with E-state index in [-0.39, 0.29) is 24.1 Å². The Hall–Kier alpha value is -1.69. The van der Waals surface area contributed by atoms with E-state index in [9.17, 15) is 9.59 Å². The van der Waals surface area contributed by atoms with Crippen molar-refractivity contribution in [1.29, 1.82) is 0 Å². The molecule has 0 saturated heterocycles. The van der Waals surface area contributed by atoms with E-state index in [1.165, 1.54) is 16.7 Å². The molecule has 0 unspecified atom stereocenters. The van der Waals surface area contributed by atoms with Crippen molar-refractivity contribution in [2.75, 3.05) is 31.6 Å². The Morgan fingerprint density at radius 1 is 1.35 bits per heavy atom. The summed E-state index contributed by atoms with van der Waals surface area (Å²) in [5, 5.41) is 2.74. The number of nitrogens with one attached hydrogen (secondary N) is 1. The van der Waals surface area contributed by atoms with E-state index in [4.69, 9.17) is 5.73 Å². The number of carbonyl (C=O) groups is 2. The zero-order chi connectivity index (χ0) is 15.0. The van der Waals surface area contributed by atoms with Gasteiger partial charge in [0, 0.05) is 24.2 Å². The molecule has 0 bridgehead atoms. The SMILES string of the molecule is CCCNC(=O)CN(C)C(=O)CSc1ccccc1N. The highest BCUT2D eigenvalue weighted by molar-refractivity contribution is 8.00. The molecule has 20 heavy (non-hydrogen) atoms. The van der Waals surface area contributed by atoms with E-state index >= 15 is 0 Å². The first-order valence-electron chi connectivity index (χ1n) is 6.52. The lowest BCUT2D eigenvalue weighted by atomic mass is 10.3. The topological polar surface area (TPSA) is 75.4 Å². The average molecular weight is 295 g/mol. The molecule has 0 heterocycles. The maximum Gasteiger partial charge on any atom is 0.239 e. The minimum Gasteiger partial charge on any atom is -0.398 e. The summed E-state index contributed by atoms with van der Waals surface area (Å²) in [5.41, 5.74) is 6.47. The lowest BCUT2D eigenvalue weighted by molar-refractivity contribution is -0.132. The van der Waals surface area contributed by atoms with Crippen molar-refractivity contribution >= 4 is 29.3 Å². The summed E-state index contributed by atoms with van der Waals surface area (Å²) in [7, 11) is 1.63. The third kappa shape index (κ3) is 5.52. The van der Waals surface area contributed by atoms with Gasteiger partial charge in [0.1, 0.15) is 0 Å². The first kappa shape index (κ1) is 16.4. The molecule has 0 radical (unpaired) electrons. The highest BCUT2D eigenvalue weighted by Gasteiger charge is 2.13. The smallest absolute Gasteiger partial charge is 0.239 e. The van der Waals surface area contributed by atoms with Crippen molar-refractivity contribution in [2.24, 2.45) is 0 Å². The van der Waals surface area contributed by atoms with E-state index in [0.29, 0.717) is 12.2 Å². The molecule has 0 aliphatic rings. The highest BCUT2D eigenvalue weighted by atomic mass is 32.2. The third-order valence-electron chi connectivity index (χ3n) is 2.65. The zero-order valence-corrected chi connectivity index (χ0v) is 12.7. The van der Waals surface area contributed by atoms with Crippen LogP contribution >= 0.6 is 11.8 Å². The fourth-order valence-electron chi connectivity index (χ4n) is 1.49. The molecule has 1 aromatic carbocycles. The van der Waals surface area contributed by atoms with E-state index in [1.807, 2.05) is 25.1 Å². The maximum absolute atomic E-state index is 11.9. The van der Waals surface area contributed by atoms with Gasteiger partial charge in [-0.3, -0.25) is 9.59 Å². The summed E-state index contributed by atoms with van der Waals surface area (Å²) in [6.45, 7) is 2.70. The van der Waals surface area contributed by atoms with Crippen molar-refractivity contribution in [1.82, 2.24) is 10.2 Å². The Morgan fingerprint density at radius 3 is 2.70 bits per heavy atom. The molecular formula is C14H21N3O2S. The van der Waals surface area contributed by atoms with E-state index < -0.39 is 0 Å². The van der Waals surface area contributed by atoms with Gasteiger partial charge in [-0.1, -0.05) is 19.1 Å². The van der Waals surface area contributed by atoms with Crippen LogP contribution < -0.4 is 11.1 Å². The fraction of sp³-hybridized carbons (Fsp3) is 0.429. The van der Waals surface area contributed by atoms with Crippen LogP contribution in [0.1, 0.15) is 13.3 Å². The van der Waals surface area contributed by atoms with Gasteiger partial charge in [0.25, 0.3) is 0 Å². The van der Waals surface area contributed by atoms with Gasteiger partial charge >= 0.3 is 0 Å². The number of carbonyl (C=O) groups excluding carboxylic acids is 2. The molecule has 0 aliphatic heterocycles. The molecular weight excluding hydrogens is 274 g/mol. The zero-order valence-electron chi connectivity index (χ0n) is 11.9. The molecule has 1 rings (SSSR count). The summed E-state index contributed by atoms with van der Waals surface area (Å²) in [5.74, 6) is 0.0445. The molecule has 2 amide bonds. The van der Waals surface area contributed by atoms with Crippen molar-refractivity contribution < 1.29 is 9.59 Å². The van der Waals surface area contributed by atoms with E-state index in [1.54, 1.807) is 13.1 Å². The molecule has 0 spiro atoms. The second-order valence-electron chi connectivity index (χ2n) is 4.43. The Labute approximate surface area is 123 Å². The molecule has 5 nitrogen and oxygen atoms in total. The summed E-state index contributed by atoms with van der Waals surface area (Å²) in [6, 6.07) is 7.41. The van der Waals surface area contributed by atoms with Gasteiger partial charge in [0.15, 0.2) is 0 Å². The molecule has 0 saturated carbocycles. The Bertz CT molecular complexity index is 465. The largest absolute Gasteiger partial charge is 0.398 e. The predicted molar refractivity (Wildman–Crippen MR) is 82.5 cm³/mol. The molecule has 0 atom stereocenters. The number of rotatable bonds is 7. The number of benzene rings is 1. The Morgan fingerprint density at radius 2 is 2.05 bits per heavy atom. The minimum atomic E-state index is -0.132. The number of likely N-dealkylation sites (N-methyl/N-ethyl adjacent to an activating group) is 1. The van der Waals surface area contributed by atoms with Gasteiger partial charge in [0.05, 0.1) is 12.3 Å². The number of amides is 2. The number of nitrogens with two attached hydrogens (primary N) is 1. The van der Waals surface area contributed by atoms with Crippen LogP contribution in [-0.4, -0.2) is 42.6 Å². The normalized spacial score (nSPS) is 10.1. The van der Waals surface area contributed by atoms with Crippen LogP contribution in [0.4, 0.5) is 5.69 Å². The van der Waals surface area contributed by atoms with Gasteiger partial charge in [-0.2, -0.15) is 0 Å². The van der Waals surface area contributed by atoms with Crippen LogP contribution in [-0.2, 0) is 9.59 Å². The second kappa shape index (κ2) is 8.47. The number of hydrogen-bond acceptors (Lipinski definition) is 4. The molecule has 110 valence electrons. The molecule has 0 aliphatic carbocycles. The van der Waals surface area contributed by atoms with Crippen LogP contribution in [0.25, 0.3) is 0 Å². The average Bonchev–Trinajstić information content (AvgIpc) is 2.43. The van der Waals surface area contributed by atoms with Crippen molar-refractivity contribution in [3.63, 3.8) is 0 Å². The van der Waals surface area contributed by atoms with Gasteiger partial charge in [0.2, 0.25) is 11.8 Å². The van der Waals surface area contributed by atoms with Crippen LogP contribution in [0.5, 0.6) is 0 Å². The molecule has 0 fully saturated rings. The van der Waals surface area contributed by atoms with E-state index in [2.05, 4.69) is 5.32 Å². The van der Waals surface area contributed by atoms with Crippen molar-refractivity contribution in [3.05, 3.63) is 24.3 Å². The first-order chi connectivity index (χ1) is 9.54. The van der Waals surface area contributed by atoms with Crippen LogP contribution in [0.15, 0.2) is 29.2 Å². The number of nitrogens with zero attached hydrogens (tertiary/aromatic N) is 1. The van der Waals surface area contributed by atoms with Gasteiger partial charge in [-0.25, -0.2) is 0 Å². The van der Waals surface area contributed by atoms with Gasteiger partial charge in [-0.05, 0) is 18.6 Å². The number of nitrogen functional groups attached to an aromatic ring is 1. The van der Waals surface area contributed by atoms with E-state index in [0.717, 1.165) is 11.3 Å². The number of anilines is 1. The second-order valence-corrected chi connectivity index (χ2v) is 5.44. The third-order valence-corrected chi connectivity index (χ3v) is 3.72. The predicted octanol–water partition coefficient (Wildman–Crippen LogP) is 1.35. The van der Waals surface area contributed by atoms with Crippen molar-refractivity contribution in [2.45, 2.75) is 18.2 Å². The van der Waals surface area contributed by atoms with Gasteiger partial charge < -0.3 is 16.0 Å². The summed E-state index contributed by atoms with van der Waals surface area (Å²) < 4.78 is 0. The number of thioether (sulfide) groups is 1. The fourth-order valence-corrected chi connectivity index (χ4v) is 2.39. The first-order valence-corrected chi connectivity index (χ1v) is 7.51. The summed E-state index contributed by atoms with van der Waals surface area (Å²) in [4.78, 5) is 25.7. The van der Waals surface area contributed by atoms with Gasteiger partial charge in [-0.15, -0.1) is 11.8 Å². The minimum absolute atomic E-state index is 0.0870. The van der Waals surface area contributed by atoms with Crippen LogP contribution in [0.3, 0.4) is 0 Å². The number of hydrogen-bond donors (Lipinski definition) is 2. The molecule has 6 heteroatoms. The molecule has 1 aromatic rings. The summed E-state index contributed by atoms with van der Waals surface area (Å²) >= 11 is 1.38. The molecule has 3 N–H and O–H groups in total. The van der Waals surface area contributed by atoms with Crippen LogP contribution in [0, 0.1) is 0 Å². The lowest BCUT2D eigenvalue weighted by Gasteiger charge is -2.16. The maximum atomic E-state index is 11.9.